The van der Waals surface area contributed by atoms with E-state index in [1.54, 1.807) is 11.8 Å². The Morgan fingerprint density at radius 2 is 1.74 bits per heavy atom. The maximum Gasteiger partial charge on any atom is 0.328 e. The normalized spacial score (nSPS) is 18.1. The summed E-state index contributed by atoms with van der Waals surface area (Å²) in [5, 5.41) is 1.88. The van der Waals surface area contributed by atoms with Crippen LogP contribution in [-0.2, 0) is 30.3 Å². The number of benzene rings is 2. The zero-order valence-corrected chi connectivity index (χ0v) is 21.2. The predicted octanol–water partition coefficient (Wildman–Crippen LogP) is 3.60. The Balaban J connectivity index is 1.75. The van der Waals surface area contributed by atoms with Crippen LogP contribution in [0.1, 0.15) is 49.4 Å². The number of aryl methyl sites for hydroxylation is 1. The molecule has 0 aliphatic carbocycles. The smallest absolute Gasteiger partial charge is 0.328 e. The van der Waals surface area contributed by atoms with Crippen molar-refractivity contribution >= 4 is 34.7 Å². The minimum absolute atomic E-state index is 0.172. The van der Waals surface area contributed by atoms with Crippen molar-refractivity contribution in [2.75, 3.05) is 13.2 Å². The lowest BCUT2D eigenvalue weighted by Crippen LogP contribution is -2.48. The molecule has 3 rings (SSSR count). The number of thioether (sulfide) groups is 1. The summed E-state index contributed by atoms with van der Waals surface area (Å²) in [7, 11) is 0. The molecule has 2 aromatic rings. The van der Waals surface area contributed by atoms with E-state index in [4.69, 9.17) is 4.74 Å². The number of carbonyl (C=O) groups is 4. The van der Waals surface area contributed by atoms with Crippen molar-refractivity contribution in [2.24, 2.45) is 0 Å². The predicted molar refractivity (Wildman–Crippen MR) is 136 cm³/mol. The number of rotatable bonds is 9. The highest BCUT2D eigenvalue weighted by atomic mass is 32.2. The summed E-state index contributed by atoms with van der Waals surface area (Å²) in [5.74, 6) is -1.17. The second kappa shape index (κ2) is 12.5. The van der Waals surface area contributed by atoms with Crippen molar-refractivity contribution in [2.45, 2.75) is 57.4 Å². The molecule has 0 radical (unpaired) electrons. The van der Waals surface area contributed by atoms with Gasteiger partial charge in [0.05, 0.1) is 24.4 Å². The molecule has 2 aromatic carbocycles. The van der Waals surface area contributed by atoms with E-state index in [1.807, 2.05) is 61.5 Å². The van der Waals surface area contributed by atoms with E-state index in [2.05, 4.69) is 5.32 Å². The van der Waals surface area contributed by atoms with Crippen LogP contribution in [-0.4, -0.2) is 52.2 Å². The van der Waals surface area contributed by atoms with Crippen molar-refractivity contribution in [3.8, 4) is 0 Å². The quantitative estimate of drug-likeness (QED) is 0.534. The molecule has 1 fully saturated rings. The fraction of sp³-hybridized carbons (Fsp3) is 0.407. The molecule has 1 heterocycles. The summed E-state index contributed by atoms with van der Waals surface area (Å²) in [6.07, 6.45) is 1.49. The number of nitrogens with one attached hydrogen (secondary N) is 1. The number of amides is 2. The topological polar surface area (TPSA) is 92.8 Å². The highest BCUT2D eigenvalue weighted by Gasteiger charge is 2.42. The van der Waals surface area contributed by atoms with E-state index < -0.39 is 17.3 Å². The summed E-state index contributed by atoms with van der Waals surface area (Å²) in [6, 6.07) is 16.2. The van der Waals surface area contributed by atoms with Gasteiger partial charge in [-0.3, -0.25) is 14.4 Å². The Kier molecular flexibility index (Phi) is 9.48. The van der Waals surface area contributed by atoms with Crippen LogP contribution in [0.5, 0.6) is 0 Å². The van der Waals surface area contributed by atoms with E-state index in [1.165, 1.54) is 6.92 Å². The number of esters is 1. The number of nitrogens with zero attached hydrogens (tertiary/aromatic N) is 1. The third kappa shape index (κ3) is 6.94. The first kappa shape index (κ1) is 26.5. The lowest BCUT2D eigenvalue weighted by Gasteiger charge is -2.30. The second-order valence-corrected chi connectivity index (χ2v) is 9.90. The van der Waals surface area contributed by atoms with Crippen LogP contribution in [0.3, 0.4) is 0 Å². The fourth-order valence-corrected chi connectivity index (χ4v) is 5.35. The van der Waals surface area contributed by atoms with E-state index in [-0.39, 0.29) is 36.1 Å². The van der Waals surface area contributed by atoms with Gasteiger partial charge in [0.15, 0.2) is 5.12 Å². The van der Waals surface area contributed by atoms with Gasteiger partial charge >= 0.3 is 5.97 Å². The lowest BCUT2D eigenvalue weighted by atomic mass is 9.99. The number of hydrogen-bond donors (Lipinski definition) is 1. The molecule has 0 spiro atoms. The van der Waals surface area contributed by atoms with Crippen molar-refractivity contribution in [1.29, 1.82) is 0 Å². The van der Waals surface area contributed by atoms with Gasteiger partial charge in [-0.25, -0.2) is 4.79 Å². The van der Waals surface area contributed by atoms with Gasteiger partial charge in [-0.2, -0.15) is 0 Å². The molecule has 1 aliphatic rings. The van der Waals surface area contributed by atoms with E-state index in [0.29, 0.717) is 19.3 Å². The summed E-state index contributed by atoms with van der Waals surface area (Å²) in [4.78, 5) is 52.3. The Morgan fingerprint density at radius 3 is 2.40 bits per heavy atom. The number of ether oxygens (including phenoxy) is 1. The van der Waals surface area contributed by atoms with Gasteiger partial charge in [0.1, 0.15) is 6.04 Å². The first-order valence-electron chi connectivity index (χ1n) is 11.8. The van der Waals surface area contributed by atoms with Crippen molar-refractivity contribution < 1.29 is 23.9 Å². The molecule has 8 heteroatoms. The monoisotopic (exact) mass is 496 g/mol. The van der Waals surface area contributed by atoms with Gasteiger partial charge in [0, 0.05) is 6.92 Å². The highest BCUT2D eigenvalue weighted by molar-refractivity contribution is 8.14. The standard InChI is InChI=1S/C27H32N2O5S/c1-4-34-27(33)23-15-14-22(21-13-9-8-10-18(21)2)29(23)25(31)17-28-26(32)24(35-19(3)30)16-20-11-6-5-7-12-20/h5-13,22-24H,4,14-17H2,1-3H3,(H,28,32)/t22-,23+,24+/m1/s1. The van der Waals surface area contributed by atoms with E-state index in [0.717, 1.165) is 28.5 Å². The summed E-state index contributed by atoms with van der Waals surface area (Å²) in [6.45, 7) is 5.09. The van der Waals surface area contributed by atoms with Crippen LogP contribution in [0.2, 0.25) is 0 Å². The number of likely N-dealkylation sites (tertiary alicyclic amines) is 1. The van der Waals surface area contributed by atoms with Crippen LogP contribution in [0.15, 0.2) is 54.6 Å². The average Bonchev–Trinajstić information content (AvgIpc) is 3.28. The third-order valence-corrected chi connectivity index (χ3v) is 7.05. The average molecular weight is 497 g/mol. The van der Waals surface area contributed by atoms with Gasteiger partial charge in [0.25, 0.3) is 0 Å². The molecule has 1 saturated heterocycles. The Bertz CT molecular complexity index is 1060. The Hall–Kier alpha value is -3.13. The molecule has 0 aromatic heterocycles. The summed E-state index contributed by atoms with van der Waals surface area (Å²) < 4.78 is 5.23. The van der Waals surface area contributed by atoms with Gasteiger partial charge < -0.3 is 15.0 Å². The maximum absolute atomic E-state index is 13.4. The Morgan fingerprint density at radius 1 is 1.06 bits per heavy atom. The van der Waals surface area contributed by atoms with Crippen LogP contribution < -0.4 is 5.32 Å². The van der Waals surface area contributed by atoms with Gasteiger partial charge in [-0.15, -0.1) is 0 Å². The minimum Gasteiger partial charge on any atom is -0.464 e. The van der Waals surface area contributed by atoms with Gasteiger partial charge in [-0.05, 0) is 49.8 Å². The molecule has 1 aliphatic heterocycles. The molecule has 1 N–H and O–H groups in total. The molecular formula is C27H32N2O5S. The molecule has 7 nitrogen and oxygen atoms in total. The fourth-order valence-electron chi connectivity index (χ4n) is 4.48. The minimum atomic E-state index is -0.698. The van der Waals surface area contributed by atoms with Crippen molar-refractivity contribution in [1.82, 2.24) is 10.2 Å². The van der Waals surface area contributed by atoms with E-state index in [9.17, 15) is 19.2 Å². The zero-order valence-electron chi connectivity index (χ0n) is 20.4. The van der Waals surface area contributed by atoms with Crippen molar-refractivity contribution in [3.05, 3.63) is 71.3 Å². The second-order valence-electron chi connectivity index (χ2n) is 8.52. The molecule has 0 bridgehead atoms. The highest BCUT2D eigenvalue weighted by Crippen LogP contribution is 2.38. The van der Waals surface area contributed by atoms with Crippen molar-refractivity contribution in [3.63, 3.8) is 0 Å². The largest absolute Gasteiger partial charge is 0.464 e. The van der Waals surface area contributed by atoms with Crippen LogP contribution >= 0.6 is 11.8 Å². The number of hydrogen-bond acceptors (Lipinski definition) is 6. The number of carbonyl (C=O) groups excluding carboxylic acids is 4. The van der Waals surface area contributed by atoms with Crippen LogP contribution in [0.25, 0.3) is 0 Å². The molecule has 3 atom stereocenters. The molecule has 186 valence electrons. The lowest BCUT2D eigenvalue weighted by molar-refractivity contribution is -0.154. The molecular weight excluding hydrogens is 464 g/mol. The third-order valence-electron chi connectivity index (χ3n) is 6.06. The van der Waals surface area contributed by atoms with Crippen LogP contribution in [0, 0.1) is 6.92 Å². The summed E-state index contributed by atoms with van der Waals surface area (Å²) in [5.41, 5.74) is 2.94. The van der Waals surface area contributed by atoms with Gasteiger partial charge in [0.2, 0.25) is 11.8 Å². The SMILES string of the molecule is CCOC(=O)[C@@H]1CC[C@H](c2ccccc2C)N1C(=O)CNC(=O)[C@H](Cc1ccccc1)SC(C)=O. The molecule has 0 unspecified atom stereocenters. The van der Waals surface area contributed by atoms with Crippen LogP contribution in [0.4, 0.5) is 0 Å². The first-order chi connectivity index (χ1) is 16.8. The first-order valence-corrected chi connectivity index (χ1v) is 12.7. The Labute approximate surface area is 210 Å². The molecule has 0 saturated carbocycles. The van der Waals surface area contributed by atoms with E-state index >= 15 is 0 Å². The maximum atomic E-state index is 13.4. The molecule has 35 heavy (non-hydrogen) atoms. The van der Waals surface area contributed by atoms with Gasteiger partial charge in [-0.1, -0.05) is 66.4 Å². The zero-order chi connectivity index (χ0) is 25.4. The summed E-state index contributed by atoms with van der Waals surface area (Å²) >= 11 is 0.948. The molecule has 2 amide bonds.